The third kappa shape index (κ3) is 2.78. The fourth-order valence-electron chi connectivity index (χ4n) is 3.65. The monoisotopic (exact) mass is 370 g/mol. The van der Waals surface area contributed by atoms with Crippen LogP contribution in [-0.4, -0.2) is 24.9 Å². The smallest absolute Gasteiger partial charge is 0.341 e. The van der Waals surface area contributed by atoms with Crippen molar-refractivity contribution in [2.24, 2.45) is 0 Å². The fourth-order valence-corrected chi connectivity index (χ4v) is 4.93. The average molecular weight is 370 g/mol. The molecule has 1 aliphatic heterocycles. The molecule has 0 saturated heterocycles. The Kier molecular flexibility index (Phi) is 4.24. The second-order valence-electron chi connectivity index (χ2n) is 6.43. The first-order valence-corrected chi connectivity index (χ1v) is 9.32. The van der Waals surface area contributed by atoms with Gasteiger partial charge in [-0.2, -0.15) is 0 Å². The van der Waals surface area contributed by atoms with Gasteiger partial charge >= 0.3 is 5.97 Å². The Morgan fingerprint density at radius 1 is 1.27 bits per heavy atom. The maximum absolute atomic E-state index is 12.9. The molecule has 7 heteroatoms. The van der Waals surface area contributed by atoms with Gasteiger partial charge in [-0.25, -0.2) is 4.79 Å². The number of hydrogen-bond acceptors (Lipinski definition) is 5. The maximum Gasteiger partial charge on any atom is 0.341 e. The minimum Gasteiger partial charge on any atom is -0.465 e. The van der Waals surface area contributed by atoms with Gasteiger partial charge in [0.1, 0.15) is 5.00 Å². The van der Waals surface area contributed by atoms with Crippen molar-refractivity contribution in [1.82, 2.24) is 0 Å². The van der Waals surface area contributed by atoms with Crippen molar-refractivity contribution in [2.45, 2.75) is 31.6 Å². The van der Waals surface area contributed by atoms with E-state index in [0.717, 1.165) is 35.3 Å². The number of nitrogens with one attached hydrogen (secondary N) is 2. The predicted molar refractivity (Wildman–Crippen MR) is 98.7 cm³/mol. The largest absolute Gasteiger partial charge is 0.465 e. The Bertz CT molecular complexity index is 918. The van der Waals surface area contributed by atoms with Crippen LogP contribution in [0.4, 0.5) is 10.7 Å². The van der Waals surface area contributed by atoms with E-state index in [1.807, 2.05) is 18.2 Å². The van der Waals surface area contributed by atoms with Crippen molar-refractivity contribution in [3.05, 3.63) is 45.8 Å². The summed E-state index contributed by atoms with van der Waals surface area (Å²) in [5, 5.41) is 6.20. The number of carbonyl (C=O) groups excluding carboxylic acids is 3. The van der Waals surface area contributed by atoms with E-state index in [1.165, 1.54) is 18.4 Å². The zero-order valence-corrected chi connectivity index (χ0v) is 15.1. The molecule has 0 bridgehead atoms. The zero-order chi connectivity index (χ0) is 18.3. The maximum atomic E-state index is 12.9. The van der Waals surface area contributed by atoms with Crippen molar-refractivity contribution >= 4 is 39.8 Å². The molecule has 0 saturated carbocycles. The zero-order valence-electron chi connectivity index (χ0n) is 14.3. The second-order valence-corrected chi connectivity index (χ2v) is 7.54. The van der Waals surface area contributed by atoms with E-state index in [1.54, 1.807) is 6.07 Å². The Labute approximate surface area is 154 Å². The van der Waals surface area contributed by atoms with E-state index in [-0.39, 0.29) is 18.2 Å². The number of fused-ring (bicyclic) bond motifs is 2. The van der Waals surface area contributed by atoms with Crippen LogP contribution in [0.15, 0.2) is 24.3 Å². The minimum atomic E-state index is -0.581. The molecule has 1 aliphatic carbocycles. The van der Waals surface area contributed by atoms with E-state index >= 15 is 0 Å². The standard InChI is InChI=1S/C19H18N2O4S/c1-25-19(24)16-11-6-4-8-14(11)26-18(16)21-17(23)12-9-15(22)20-13-7-3-2-5-10(12)13/h2-3,5,7,12H,4,6,8-9H2,1H3,(H,20,22)(H,21,23)/t12-/m1/s1. The van der Waals surface area contributed by atoms with Gasteiger partial charge in [-0.1, -0.05) is 18.2 Å². The number of rotatable bonds is 3. The molecule has 1 aromatic carbocycles. The van der Waals surface area contributed by atoms with Gasteiger partial charge in [-0.3, -0.25) is 9.59 Å². The molecule has 134 valence electrons. The molecule has 0 radical (unpaired) electrons. The summed E-state index contributed by atoms with van der Waals surface area (Å²) in [6.07, 6.45) is 2.83. The van der Waals surface area contributed by atoms with Crippen molar-refractivity contribution in [3.8, 4) is 0 Å². The Morgan fingerprint density at radius 3 is 2.88 bits per heavy atom. The third-order valence-corrected chi connectivity index (χ3v) is 6.07. The first-order valence-electron chi connectivity index (χ1n) is 8.51. The van der Waals surface area contributed by atoms with Crippen molar-refractivity contribution in [3.63, 3.8) is 0 Å². The van der Waals surface area contributed by atoms with Crippen molar-refractivity contribution in [2.75, 3.05) is 17.7 Å². The molecule has 2 heterocycles. The van der Waals surface area contributed by atoms with E-state index < -0.39 is 11.9 Å². The number of esters is 1. The number of anilines is 2. The lowest BCUT2D eigenvalue weighted by Gasteiger charge is -2.24. The van der Waals surface area contributed by atoms with Crippen LogP contribution in [0.3, 0.4) is 0 Å². The van der Waals surface area contributed by atoms with Crippen LogP contribution >= 0.6 is 11.3 Å². The number of para-hydroxylation sites is 1. The molecule has 2 aliphatic rings. The molecule has 0 fully saturated rings. The molecule has 2 N–H and O–H groups in total. The first-order chi connectivity index (χ1) is 12.6. The van der Waals surface area contributed by atoms with Gasteiger partial charge in [0.25, 0.3) is 0 Å². The van der Waals surface area contributed by atoms with E-state index in [0.29, 0.717) is 16.3 Å². The van der Waals surface area contributed by atoms with Crippen LogP contribution in [0.1, 0.15) is 45.1 Å². The molecule has 2 amide bonds. The number of thiophene rings is 1. The Morgan fingerprint density at radius 2 is 2.08 bits per heavy atom. The summed E-state index contributed by atoms with van der Waals surface area (Å²) in [5.41, 5.74) is 2.89. The van der Waals surface area contributed by atoms with Gasteiger partial charge in [0.05, 0.1) is 18.6 Å². The highest BCUT2D eigenvalue weighted by Gasteiger charge is 2.33. The first kappa shape index (κ1) is 16.8. The Hall–Kier alpha value is -2.67. The summed E-state index contributed by atoms with van der Waals surface area (Å²) < 4.78 is 4.91. The van der Waals surface area contributed by atoms with Crippen LogP contribution in [0.25, 0.3) is 0 Å². The molecule has 0 spiro atoms. The van der Waals surface area contributed by atoms with Gasteiger partial charge in [-0.05, 0) is 36.5 Å². The molecule has 2 aromatic rings. The average Bonchev–Trinajstić information content (AvgIpc) is 3.21. The van der Waals surface area contributed by atoms with Crippen LogP contribution in [0.5, 0.6) is 0 Å². The van der Waals surface area contributed by atoms with Crippen LogP contribution < -0.4 is 10.6 Å². The van der Waals surface area contributed by atoms with Gasteiger partial charge in [-0.15, -0.1) is 11.3 Å². The van der Waals surface area contributed by atoms with E-state index in [2.05, 4.69) is 10.6 Å². The number of carbonyl (C=O) groups is 3. The minimum absolute atomic E-state index is 0.0848. The van der Waals surface area contributed by atoms with Crippen LogP contribution in [0, 0.1) is 0 Å². The summed E-state index contributed by atoms with van der Waals surface area (Å²) in [6.45, 7) is 0. The summed E-state index contributed by atoms with van der Waals surface area (Å²) in [4.78, 5) is 38.3. The van der Waals surface area contributed by atoms with Gasteiger partial charge in [0.2, 0.25) is 11.8 Å². The molecule has 0 unspecified atom stereocenters. The SMILES string of the molecule is COC(=O)c1c(NC(=O)[C@@H]2CC(=O)Nc3ccccc32)sc2c1CCC2. The highest BCUT2D eigenvalue weighted by Crippen LogP contribution is 2.40. The number of methoxy groups -OCH3 is 1. The lowest BCUT2D eigenvalue weighted by molar-refractivity contribution is -0.123. The highest BCUT2D eigenvalue weighted by molar-refractivity contribution is 7.17. The molecule has 4 rings (SSSR count). The topological polar surface area (TPSA) is 84.5 Å². The molecule has 6 nitrogen and oxygen atoms in total. The Balaban J connectivity index is 1.66. The number of hydrogen-bond donors (Lipinski definition) is 2. The number of ether oxygens (including phenoxy) is 1. The lowest BCUT2D eigenvalue weighted by atomic mass is 9.90. The van der Waals surface area contributed by atoms with E-state index in [9.17, 15) is 14.4 Å². The summed E-state index contributed by atoms with van der Waals surface area (Å²) >= 11 is 1.43. The number of aryl methyl sites for hydroxylation is 1. The van der Waals surface area contributed by atoms with Gasteiger partial charge in [0, 0.05) is 17.0 Å². The molecule has 26 heavy (non-hydrogen) atoms. The highest BCUT2D eigenvalue weighted by atomic mass is 32.1. The van der Waals surface area contributed by atoms with Crippen LogP contribution in [-0.2, 0) is 27.2 Å². The lowest BCUT2D eigenvalue weighted by Crippen LogP contribution is -2.30. The predicted octanol–water partition coefficient (Wildman–Crippen LogP) is 3.09. The van der Waals surface area contributed by atoms with Gasteiger partial charge in [0.15, 0.2) is 0 Å². The molecule has 1 aromatic heterocycles. The second kappa shape index (κ2) is 6.57. The van der Waals surface area contributed by atoms with Crippen molar-refractivity contribution in [1.29, 1.82) is 0 Å². The quantitative estimate of drug-likeness (QED) is 0.813. The summed E-state index contributed by atoms with van der Waals surface area (Å²) in [5.74, 6) is -1.48. The molecule has 1 atom stereocenters. The normalized spacial score (nSPS) is 17.9. The third-order valence-electron chi connectivity index (χ3n) is 4.86. The number of benzene rings is 1. The van der Waals surface area contributed by atoms with E-state index in [4.69, 9.17) is 4.74 Å². The number of amides is 2. The molecular formula is C19H18N2O4S. The fraction of sp³-hybridized carbons (Fsp3) is 0.316. The van der Waals surface area contributed by atoms with Gasteiger partial charge < -0.3 is 15.4 Å². The summed E-state index contributed by atoms with van der Waals surface area (Å²) in [6, 6.07) is 7.29. The van der Waals surface area contributed by atoms with Crippen molar-refractivity contribution < 1.29 is 19.1 Å². The summed E-state index contributed by atoms with van der Waals surface area (Å²) in [7, 11) is 1.34. The molecular weight excluding hydrogens is 352 g/mol. The van der Waals surface area contributed by atoms with Crippen LogP contribution in [0.2, 0.25) is 0 Å².